The second kappa shape index (κ2) is 10.9. The van der Waals surface area contributed by atoms with Crippen molar-refractivity contribution in [2.45, 2.75) is 58.4 Å². The summed E-state index contributed by atoms with van der Waals surface area (Å²) in [4.78, 5) is 0. The average molecular weight is 383 g/mol. The maximum Gasteiger partial charge on any atom is 0.232 e. The van der Waals surface area contributed by atoms with Gasteiger partial charge in [-0.3, -0.25) is 0 Å². The molecule has 2 heterocycles. The summed E-state index contributed by atoms with van der Waals surface area (Å²) in [5.41, 5.74) is 8.33. The molecule has 1 aliphatic heterocycles. The predicted molar refractivity (Wildman–Crippen MR) is 115 cm³/mol. The molecule has 28 heavy (non-hydrogen) atoms. The molecule has 1 aromatic carbocycles. The Bertz CT molecular complexity index is 756. The van der Waals surface area contributed by atoms with Crippen LogP contribution in [0.1, 0.15) is 63.9 Å². The third-order valence-corrected chi connectivity index (χ3v) is 5.03. The van der Waals surface area contributed by atoms with Crippen molar-refractivity contribution < 1.29 is 4.42 Å². The zero-order valence-electron chi connectivity index (χ0n) is 17.6. The van der Waals surface area contributed by atoms with Crippen molar-refractivity contribution in [2.75, 3.05) is 13.1 Å². The average Bonchev–Trinajstić information content (AvgIpc) is 3.21. The van der Waals surface area contributed by atoms with E-state index in [2.05, 4.69) is 58.9 Å². The SMILES string of the molecule is C/C=C\C(C)=C/C.CC(N)c1nnc(C2(Cc3ccccc3)CCCNC2)o1. The van der Waals surface area contributed by atoms with Gasteiger partial charge in [0.25, 0.3) is 0 Å². The Labute approximate surface area is 169 Å². The molecular weight excluding hydrogens is 348 g/mol. The standard InChI is InChI=1S/C16H22N4O.C7H12/c1-12(17)14-19-20-15(21-14)16(8-5-9-18-11-16)10-13-6-3-2-4-7-13;1-4-6-7(3)5-2/h2-4,6-7,12,18H,5,8-11,17H2,1H3;4-6H,1-3H3/b;6-4-,7-5-. The number of nitrogens with two attached hydrogens (primary N) is 1. The fraction of sp³-hybridized carbons (Fsp3) is 0.478. The third-order valence-electron chi connectivity index (χ3n) is 5.03. The zero-order chi connectivity index (χ0) is 20.4. The van der Waals surface area contributed by atoms with Crippen LogP contribution in [0.15, 0.2) is 58.6 Å². The maximum atomic E-state index is 5.87. The van der Waals surface area contributed by atoms with Gasteiger partial charge in [0.05, 0.1) is 11.5 Å². The van der Waals surface area contributed by atoms with Crippen LogP contribution in [0.4, 0.5) is 0 Å². The van der Waals surface area contributed by atoms with Gasteiger partial charge in [-0.25, -0.2) is 0 Å². The second-order valence-corrected chi connectivity index (χ2v) is 7.49. The van der Waals surface area contributed by atoms with Crippen LogP contribution in [0, 0.1) is 0 Å². The summed E-state index contributed by atoms with van der Waals surface area (Å²) < 4.78 is 5.87. The lowest BCUT2D eigenvalue weighted by atomic mass is 9.75. The van der Waals surface area contributed by atoms with E-state index in [0.29, 0.717) is 11.8 Å². The molecule has 0 saturated carbocycles. The number of piperidine rings is 1. The quantitative estimate of drug-likeness (QED) is 0.746. The van der Waals surface area contributed by atoms with Crippen molar-refractivity contribution in [1.82, 2.24) is 15.5 Å². The number of rotatable bonds is 5. The van der Waals surface area contributed by atoms with Gasteiger partial charge >= 0.3 is 0 Å². The zero-order valence-corrected chi connectivity index (χ0v) is 17.6. The molecule has 152 valence electrons. The molecule has 0 bridgehead atoms. The van der Waals surface area contributed by atoms with Crippen molar-refractivity contribution in [3.63, 3.8) is 0 Å². The minimum Gasteiger partial charge on any atom is -0.423 e. The van der Waals surface area contributed by atoms with Gasteiger partial charge in [0.2, 0.25) is 11.8 Å². The van der Waals surface area contributed by atoms with Crippen LogP contribution in [0.25, 0.3) is 0 Å². The van der Waals surface area contributed by atoms with Gasteiger partial charge in [-0.1, -0.05) is 54.1 Å². The van der Waals surface area contributed by atoms with Crippen LogP contribution in [0.5, 0.6) is 0 Å². The van der Waals surface area contributed by atoms with E-state index in [9.17, 15) is 0 Å². The van der Waals surface area contributed by atoms with Crippen molar-refractivity contribution in [3.8, 4) is 0 Å². The number of hydrogen-bond donors (Lipinski definition) is 2. The predicted octanol–water partition coefficient (Wildman–Crippen LogP) is 4.48. The number of benzene rings is 1. The highest BCUT2D eigenvalue weighted by Gasteiger charge is 2.39. The number of nitrogens with one attached hydrogen (secondary N) is 1. The lowest BCUT2D eigenvalue weighted by Gasteiger charge is -2.34. The molecule has 3 N–H and O–H groups in total. The van der Waals surface area contributed by atoms with Crippen LogP contribution < -0.4 is 11.1 Å². The van der Waals surface area contributed by atoms with E-state index < -0.39 is 0 Å². The smallest absolute Gasteiger partial charge is 0.232 e. The molecule has 1 saturated heterocycles. The van der Waals surface area contributed by atoms with Crippen molar-refractivity contribution in [3.05, 3.63) is 71.5 Å². The summed E-state index contributed by atoms with van der Waals surface area (Å²) in [6.45, 7) is 9.91. The van der Waals surface area contributed by atoms with Crippen LogP contribution in [-0.2, 0) is 11.8 Å². The Hall–Kier alpha value is -2.24. The van der Waals surface area contributed by atoms with E-state index in [1.807, 2.05) is 32.9 Å². The highest BCUT2D eigenvalue weighted by molar-refractivity contribution is 5.22. The molecule has 3 rings (SSSR count). The Morgan fingerprint density at radius 2 is 2.04 bits per heavy atom. The minimum absolute atomic E-state index is 0.125. The van der Waals surface area contributed by atoms with Gasteiger partial charge in [-0.05, 0) is 59.1 Å². The number of nitrogens with zero attached hydrogens (tertiary/aromatic N) is 2. The van der Waals surface area contributed by atoms with Crippen LogP contribution in [-0.4, -0.2) is 23.3 Å². The molecule has 0 aliphatic carbocycles. The fourth-order valence-corrected chi connectivity index (χ4v) is 3.36. The first-order chi connectivity index (χ1) is 13.5. The molecular formula is C23H34N4O. The Morgan fingerprint density at radius 1 is 1.29 bits per heavy atom. The molecule has 0 amide bonds. The van der Waals surface area contributed by atoms with Gasteiger partial charge < -0.3 is 15.5 Å². The highest BCUT2D eigenvalue weighted by Crippen LogP contribution is 2.34. The molecule has 0 spiro atoms. The van der Waals surface area contributed by atoms with Gasteiger partial charge in [-0.2, -0.15) is 0 Å². The van der Waals surface area contributed by atoms with Crippen LogP contribution in [0.3, 0.4) is 0 Å². The topological polar surface area (TPSA) is 77.0 Å². The van der Waals surface area contributed by atoms with Crippen molar-refractivity contribution in [2.24, 2.45) is 5.73 Å². The minimum atomic E-state index is -0.225. The number of hydrogen-bond acceptors (Lipinski definition) is 5. The summed E-state index contributed by atoms with van der Waals surface area (Å²) >= 11 is 0. The van der Waals surface area contributed by atoms with E-state index in [4.69, 9.17) is 10.2 Å². The third kappa shape index (κ3) is 6.14. The first-order valence-corrected chi connectivity index (χ1v) is 10.1. The molecule has 5 nitrogen and oxygen atoms in total. The lowest BCUT2D eigenvalue weighted by molar-refractivity contribution is 0.242. The van der Waals surface area contributed by atoms with E-state index in [1.54, 1.807) is 0 Å². The summed E-state index contributed by atoms with van der Waals surface area (Å²) in [7, 11) is 0. The Kier molecular flexibility index (Phi) is 8.61. The van der Waals surface area contributed by atoms with Gasteiger partial charge in [0.1, 0.15) is 0 Å². The maximum absolute atomic E-state index is 5.87. The van der Waals surface area contributed by atoms with Crippen molar-refractivity contribution in [1.29, 1.82) is 0 Å². The molecule has 5 heteroatoms. The molecule has 1 fully saturated rings. The summed E-state index contributed by atoms with van der Waals surface area (Å²) in [6, 6.07) is 10.3. The molecule has 2 unspecified atom stereocenters. The summed E-state index contributed by atoms with van der Waals surface area (Å²) in [5.74, 6) is 1.23. The first-order valence-electron chi connectivity index (χ1n) is 10.1. The first kappa shape index (κ1) is 22.1. The van der Waals surface area contributed by atoms with E-state index >= 15 is 0 Å². The summed E-state index contributed by atoms with van der Waals surface area (Å²) in [6.07, 6.45) is 9.27. The number of aromatic nitrogens is 2. The van der Waals surface area contributed by atoms with Crippen molar-refractivity contribution >= 4 is 0 Å². The van der Waals surface area contributed by atoms with Crippen LogP contribution >= 0.6 is 0 Å². The lowest BCUT2D eigenvalue weighted by Crippen LogP contribution is -2.45. The fourth-order valence-electron chi connectivity index (χ4n) is 3.36. The van der Waals surface area contributed by atoms with Gasteiger partial charge in [-0.15, -0.1) is 10.2 Å². The molecule has 2 atom stereocenters. The second-order valence-electron chi connectivity index (χ2n) is 7.49. The van der Waals surface area contributed by atoms with E-state index in [-0.39, 0.29) is 11.5 Å². The molecule has 0 radical (unpaired) electrons. The Balaban J connectivity index is 0.000000345. The molecule has 1 aromatic heterocycles. The van der Waals surface area contributed by atoms with E-state index in [1.165, 1.54) is 11.1 Å². The van der Waals surface area contributed by atoms with E-state index in [0.717, 1.165) is 32.4 Å². The molecule has 2 aromatic rings. The van der Waals surface area contributed by atoms with Gasteiger partial charge in [0, 0.05) is 6.54 Å². The Morgan fingerprint density at radius 3 is 2.54 bits per heavy atom. The molecule has 1 aliphatic rings. The largest absolute Gasteiger partial charge is 0.423 e. The summed E-state index contributed by atoms with van der Waals surface area (Å²) in [5, 5.41) is 11.9. The van der Waals surface area contributed by atoms with Crippen LogP contribution in [0.2, 0.25) is 0 Å². The highest BCUT2D eigenvalue weighted by atomic mass is 16.4. The monoisotopic (exact) mass is 382 g/mol. The van der Waals surface area contributed by atoms with Gasteiger partial charge in [0.15, 0.2) is 0 Å². The normalized spacial score (nSPS) is 21.2. The number of allylic oxidation sites excluding steroid dienone is 4.